The van der Waals surface area contributed by atoms with E-state index in [0.29, 0.717) is 17.9 Å². The molecule has 0 amide bonds. The fraction of sp³-hybridized carbons (Fsp3) is 0.391. The maximum Gasteiger partial charge on any atom is 0.355 e. The van der Waals surface area contributed by atoms with E-state index in [0.717, 1.165) is 18.2 Å². The molecule has 0 radical (unpaired) electrons. The highest BCUT2D eigenvalue weighted by atomic mass is 16.5. The summed E-state index contributed by atoms with van der Waals surface area (Å²) in [6, 6.07) is 7.14. The topological polar surface area (TPSA) is 57.5 Å². The molecule has 5 nitrogen and oxygen atoms in total. The number of ether oxygens (including phenoxy) is 2. The number of fused-ring (bicyclic) bond motifs is 1. The van der Waals surface area contributed by atoms with Crippen molar-refractivity contribution in [1.29, 1.82) is 0 Å². The van der Waals surface area contributed by atoms with Gasteiger partial charge in [0.2, 0.25) is 5.91 Å². The Hall–Kier alpha value is -2.82. The van der Waals surface area contributed by atoms with Crippen molar-refractivity contribution in [1.82, 2.24) is 4.57 Å². The van der Waals surface area contributed by atoms with Crippen LogP contribution in [0.25, 0.3) is 10.9 Å². The van der Waals surface area contributed by atoms with Gasteiger partial charge >= 0.3 is 5.97 Å². The Balaban J connectivity index is 2.17. The van der Waals surface area contributed by atoms with E-state index < -0.39 is 5.97 Å². The number of aromatic nitrogens is 1. The molecule has 0 aliphatic rings. The summed E-state index contributed by atoms with van der Waals surface area (Å²) in [7, 11) is 0. The van der Waals surface area contributed by atoms with Gasteiger partial charge < -0.3 is 9.47 Å². The van der Waals surface area contributed by atoms with Crippen molar-refractivity contribution < 1.29 is 19.1 Å². The number of carbonyl (C=O) groups is 2. The zero-order valence-corrected chi connectivity index (χ0v) is 17.4. The first-order valence-corrected chi connectivity index (χ1v) is 9.58. The number of carbonyl (C=O) groups excluding carboxylic acids is 2. The molecule has 0 atom stereocenters. The van der Waals surface area contributed by atoms with Crippen molar-refractivity contribution in [3.63, 3.8) is 0 Å². The minimum atomic E-state index is -0.508. The Kier molecular flexibility index (Phi) is 7.61. The van der Waals surface area contributed by atoms with Gasteiger partial charge in [0, 0.05) is 18.4 Å². The van der Waals surface area contributed by atoms with Gasteiger partial charge in [0.15, 0.2) is 0 Å². The quantitative estimate of drug-likeness (QED) is 0.443. The largest absolute Gasteiger partial charge is 0.489 e. The summed E-state index contributed by atoms with van der Waals surface area (Å²) in [5, 5.41) is 0.791. The Morgan fingerprint density at radius 3 is 2.46 bits per heavy atom. The van der Waals surface area contributed by atoms with E-state index in [1.54, 1.807) is 19.1 Å². The molecule has 0 aliphatic carbocycles. The van der Waals surface area contributed by atoms with Crippen LogP contribution in [0.1, 0.15) is 62.7 Å². The maximum atomic E-state index is 12.2. The third-order valence-corrected chi connectivity index (χ3v) is 4.35. The molecule has 1 aromatic heterocycles. The highest BCUT2D eigenvalue weighted by Gasteiger charge is 2.19. The standard InChI is InChI=1S/C23H29NO4/c1-6-27-23(26)22-14-19-10-11-20(15-21(19)24(22)18(5)25)28-13-12-17(4)9-7-8-16(2)3/h8,10-12,14-15H,6-7,9,13H2,1-5H3/b17-12+. The Labute approximate surface area is 166 Å². The molecule has 1 heterocycles. The Morgan fingerprint density at radius 2 is 1.82 bits per heavy atom. The van der Waals surface area contributed by atoms with Crippen LogP contribution >= 0.6 is 0 Å². The SMILES string of the molecule is CCOC(=O)c1cc2ccc(OC/C=C(\C)CCC=C(C)C)cc2n1C(C)=O. The van der Waals surface area contributed by atoms with Crippen LogP contribution in [0, 0.1) is 0 Å². The summed E-state index contributed by atoms with van der Waals surface area (Å²) >= 11 is 0. The molecule has 0 saturated heterocycles. The van der Waals surface area contributed by atoms with Crippen LogP contribution in [0.5, 0.6) is 5.75 Å². The van der Waals surface area contributed by atoms with Crippen molar-refractivity contribution in [2.45, 2.75) is 47.5 Å². The third-order valence-electron chi connectivity index (χ3n) is 4.35. The van der Waals surface area contributed by atoms with Gasteiger partial charge in [0.25, 0.3) is 0 Å². The van der Waals surface area contributed by atoms with E-state index in [2.05, 4.69) is 32.9 Å². The van der Waals surface area contributed by atoms with Crippen LogP contribution < -0.4 is 4.74 Å². The lowest BCUT2D eigenvalue weighted by Gasteiger charge is -2.08. The van der Waals surface area contributed by atoms with Gasteiger partial charge in [-0.2, -0.15) is 0 Å². The molecule has 1 aromatic carbocycles. The second-order valence-corrected chi connectivity index (χ2v) is 7.01. The highest BCUT2D eigenvalue weighted by molar-refractivity contribution is 6.02. The van der Waals surface area contributed by atoms with E-state index in [1.165, 1.54) is 22.6 Å². The van der Waals surface area contributed by atoms with Crippen LogP contribution in [-0.4, -0.2) is 29.7 Å². The molecule has 0 N–H and O–H groups in total. The van der Waals surface area contributed by atoms with E-state index >= 15 is 0 Å². The Bertz CT molecular complexity index is 914. The molecule has 5 heteroatoms. The molecule has 0 spiro atoms. The second kappa shape index (κ2) is 9.93. The fourth-order valence-corrected chi connectivity index (χ4v) is 2.94. The molecule has 2 rings (SSSR count). The van der Waals surface area contributed by atoms with Gasteiger partial charge in [-0.1, -0.05) is 17.2 Å². The van der Waals surface area contributed by atoms with Gasteiger partial charge in [-0.3, -0.25) is 9.36 Å². The molecule has 0 aliphatic heterocycles. The van der Waals surface area contributed by atoms with Gasteiger partial charge in [0.05, 0.1) is 12.1 Å². The number of hydrogen-bond donors (Lipinski definition) is 0. The average molecular weight is 383 g/mol. The van der Waals surface area contributed by atoms with Gasteiger partial charge in [0.1, 0.15) is 18.1 Å². The first-order chi connectivity index (χ1) is 13.3. The molecule has 0 fully saturated rings. The van der Waals surface area contributed by atoms with Gasteiger partial charge in [-0.25, -0.2) is 4.79 Å². The molecule has 0 saturated carbocycles. The van der Waals surface area contributed by atoms with Crippen LogP contribution in [0.2, 0.25) is 0 Å². The van der Waals surface area contributed by atoms with E-state index in [-0.39, 0.29) is 18.2 Å². The summed E-state index contributed by atoms with van der Waals surface area (Å²) in [4.78, 5) is 24.3. The fourth-order valence-electron chi connectivity index (χ4n) is 2.94. The van der Waals surface area contributed by atoms with Crippen molar-refractivity contribution >= 4 is 22.8 Å². The smallest absolute Gasteiger partial charge is 0.355 e. The zero-order valence-electron chi connectivity index (χ0n) is 17.4. The van der Waals surface area contributed by atoms with Gasteiger partial charge in [-0.15, -0.1) is 0 Å². The summed E-state index contributed by atoms with van der Waals surface area (Å²) in [6.45, 7) is 10.2. The minimum Gasteiger partial charge on any atom is -0.489 e. The lowest BCUT2D eigenvalue weighted by atomic mass is 10.1. The van der Waals surface area contributed by atoms with Crippen molar-refractivity contribution in [2.75, 3.05) is 13.2 Å². The van der Waals surface area contributed by atoms with Crippen LogP contribution in [0.15, 0.2) is 47.6 Å². The molecule has 0 bridgehead atoms. The number of allylic oxidation sites excluding steroid dienone is 3. The second-order valence-electron chi connectivity index (χ2n) is 7.01. The van der Waals surface area contributed by atoms with E-state index in [4.69, 9.17) is 9.47 Å². The number of hydrogen-bond acceptors (Lipinski definition) is 4. The summed E-state index contributed by atoms with van der Waals surface area (Å²) in [5.74, 6) is -0.103. The van der Waals surface area contributed by atoms with Crippen molar-refractivity contribution in [3.8, 4) is 5.75 Å². The number of nitrogens with zero attached hydrogens (tertiary/aromatic N) is 1. The third kappa shape index (κ3) is 5.59. The lowest BCUT2D eigenvalue weighted by Crippen LogP contribution is -2.16. The Morgan fingerprint density at radius 1 is 1.07 bits per heavy atom. The number of rotatable bonds is 8. The summed E-state index contributed by atoms with van der Waals surface area (Å²) < 4.78 is 12.3. The van der Waals surface area contributed by atoms with Crippen LogP contribution in [-0.2, 0) is 4.74 Å². The zero-order chi connectivity index (χ0) is 20.7. The van der Waals surface area contributed by atoms with Crippen molar-refractivity contribution in [3.05, 3.63) is 53.3 Å². The normalized spacial score (nSPS) is 11.4. The molecule has 150 valence electrons. The summed E-state index contributed by atoms with van der Waals surface area (Å²) in [6.07, 6.45) is 6.32. The first kappa shape index (κ1) is 21.5. The predicted molar refractivity (Wildman–Crippen MR) is 112 cm³/mol. The molecular weight excluding hydrogens is 354 g/mol. The molecular formula is C23H29NO4. The average Bonchev–Trinajstić information content (AvgIpc) is 3.00. The number of benzene rings is 1. The monoisotopic (exact) mass is 383 g/mol. The predicted octanol–water partition coefficient (Wildman–Crippen LogP) is 5.55. The maximum absolute atomic E-state index is 12.2. The van der Waals surface area contributed by atoms with E-state index in [1.807, 2.05) is 12.1 Å². The minimum absolute atomic E-state index is 0.233. The first-order valence-electron chi connectivity index (χ1n) is 9.58. The van der Waals surface area contributed by atoms with Crippen LogP contribution in [0.4, 0.5) is 0 Å². The van der Waals surface area contributed by atoms with E-state index in [9.17, 15) is 9.59 Å². The van der Waals surface area contributed by atoms with Gasteiger partial charge in [-0.05, 0) is 64.8 Å². The molecule has 28 heavy (non-hydrogen) atoms. The molecule has 2 aromatic rings. The summed E-state index contributed by atoms with van der Waals surface area (Å²) in [5.41, 5.74) is 3.47. The lowest BCUT2D eigenvalue weighted by molar-refractivity contribution is 0.0510. The highest BCUT2D eigenvalue weighted by Crippen LogP contribution is 2.25. The number of esters is 1. The van der Waals surface area contributed by atoms with Crippen molar-refractivity contribution in [2.24, 2.45) is 0 Å². The van der Waals surface area contributed by atoms with Crippen LogP contribution in [0.3, 0.4) is 0 Å². The molecule has 0 unspecified atom stereocenters.